The average Bonchev–Trinajstić information content (AvgIpc) is 3.09. The molecule has 1 amide bonds. The topological polar surface area (TPSA) is 72.5 Å². The van der Waals surface area contributed by atoms with Gasteiger partial charge in [0, 0.05) is 16.6 Å². The normalized spacial score (nSPS) is 11.6. The number of carbonyl (C=O) groups excluding carboxylic acids is 3. The van der Waals surface area contributed by atoms with Crippen LogP contribution in [0.3, 0.4) is 0 Å². The third kappa shape index (κ3) is 5.58. The van der Waals surface area contributed by atoms with E-state index in [4.69, 9.17) is 4.74 Å². The van der Waals surface area contributed by atoms with Crippen LogP contribution in [0.25, 0.3) is 0 Å². The minimum Gasteiger partial charge on any atom is -0.453 e. The molecule has 1 atom stereocenters. The second-order valence-corrected chi connectivity index (χ2v) is 6.89. The largest absolute Gasteiger partial charge is 0.453 e. The number of Topliss-reactive ketones (excluding diaryl/α,β-unsaturated/α-hetero) is 1. The molecule has 1 heterocycles. The fourth-order valence-corrected chi connectivity index (χ4v) is 2.82. The molecular weight excluding hydrogens is 394 g/mol. The number of hydrogen-bond acceptors (Lipinski definition) is 5. The zero-order valence-electron chi connectivity index (χ0n) is 13.0. The van der Waals surface area contributed by atoms with Crippen molar-refractivity contribution >= 4 is 50.6 Å². The molecule has 0 aliphatic carbocycles. The van der Waals surface area contributed by atoms with E-state index in [1.165, 1.54) is 18.3 Å². The minimum atomic E-state index is -0.932. The molecule has 5 nitrogen and oxygen atoms in total. The lowest BCUT2D eigenvalue weighted by atomic mass is 10.2. The van der Waals surface area contributed by atoms with Crippen molar-refractivity contribution < 1.29 is 19.1 Å². The van der Waals surface area contributed by atoms with Crippen molar-refractivity contribution in [2.75, 3.05) is 5.32 Å². The van der Waals surface area contributed by atoms with Gasteiger partial charge in [-0.05, 0) is 42.6 Å². The van der Waals surface area contributed by atoms with Crippen molar-refractivity contribution in [3.05, 3.63) is 51.1 Å². The average molecular weight is 410 g/mol. The van der Waals surface area contributed by atoms with E-state index in [0.29, 0.717) is 10.6 Å². The number of hydrogen-bond donors (Lipinski definition) is 1. The first-order valence-corrected chi connectivity index (χ1v) is 8.95. The van der Waals surface area contributed by atoms with Crippen molar-refractivity contribution in [2.45, 2.75) is 25.9 Å². The summed E-state index contributed by atoms with van der Waals surface area (Å²) in [5, 5.41) is 4.46. The van der Waals surface area contributed by atoms with E-state index in [2.05, 4.69) is 21.2 Å². The molecule has 24 heavy (non-hydrogen) atoms. The van der Waals surface area contributed by atoms with Crippen LogP contribution in [0.2, 0.25) is 0 Å². The van der Waals surface area contributed by atoms with Crippen LogP contribution in [0.1, 0.15) is 29.4 Å². The van der Waals surface area contributed by atoms with Gasteiger partial charge in [0.15, 0.2) is 11.9 Å². The summed E-state index contributed by atoms with van der Waals surface area (Å²) in [7, 11) is 0. The Morgan fingerprint density at radius 3 is 2.50 bits per heavy atom. The zero-order chi connectivity index (χ0) is 17.5. The van der Waals surface area contributed by atoms with Crippen molar-refractivity contribution in [3.63, 3.8) is 0 Å². The molecule has 7 heteroatoms. The molecule has 0 aliphatic rings. The molecule has 0 saturated carbocycles. The molecule has 1 aromatic heterocycles. The summed E-state index contributed by atoms with van der Waals surface area (Å²) in [6.07, 6.45) is -0.912. The fourth-order valence-electron chi connectivity index (χ4n) is 1.86. The highest BCUT2D eigenvalue weighted by molar-refractivity contribution is 9.10. The maximum atomic E-state index is 12.0. The van der Waals surface area contributed by atoms with E-state index in [0.717, 1.165) is 4.47 Å². The molecule has 2 aromatic rings. The molecule has 0 fully saturated rings. The number of ether oxygens (including phenoxy) is 1. The van der Waals surface area contributed by atoms with Gasteiger partial charge in [-0.2, -0.15) is 0 Å². The van der Waals surface area contributed by atoms with Crippen LogP contribution in [0.4, 0.5) is 5.69 Å². The fraction of sp³-hybridized carbons (Fsp3) is 0.235. The van der Waals surface area contributed by atoms with Crippen LogP contribution in [0, 0.1) is 0 Å². The summed E-state index contributed by atoms with van der Waals surface area (Å²) in [5.74, 6) is -1.09. The number of benzene rings is 1. The van der Waals surface area contributed by atoms with E-state index >= 15 is 0 Å². The molecule has 0 radical (unpaired) electrons. The summed E-state index contributed by atoms with van der Waals surface area (Å²) < 4.78 is 5.97. The molecule has 0 aliphatic heterocycles. The Hall–Kier alpha value is -1.99. The first kappa shape index (κ1) is 18.4. The van der Waals surface area contributed by atoms with E-state index in [1.54, 1.807) is 41.8 Å². The highest BCUT2D eigenvalue weighted by Gasteiger charge is 2.19. The summed E-state index contributed by atoms with van der Waals surface area (Å²) in [5.41, 5.74) is 0.610. The van der Waals surface area contributed by atoms with Gasteiger partial charge < -0.3 is 10.1 Å². The first-order chi connectivity index (χ1) is 11.5. The number of amides is 1. The van der Waals surface area contributed by atoms with Gasteiger partial charge in [-0.1, -0.05) is 22.0 Å². The maximum absolute atomic E-state index is 12.0. The first-order valence-electron chi connectivity index (χ1n) is 7.28. The third-order valence-corrected chi connectivity index (χ3v) is 4.58. The van der Waals surface area contributed by atoms with Crippen molar-refractivity contribution in [2.24, 2.45) is 0 Å². The second-order valence-electron chi connectivity index (χ2n) is 5.03. The number of rotatable bonds is 7. The Morgan fingerprint density at radius 1 is 1.17 bits per heavy atom. The van der Waals surface area contributed by atoms with Gasteiger partial charge in [0.2, 0.25) is 0 Å². The smallest absolute Gasteiger partial charge is 0.307 e. The summed E-state index contributed by atoms with van der Waals surface area (Å²) in [6.45, 7) is 1.49. The molecule has 126 valence electrons. The zero-order valence-corrected chi connectivity index (χ0v) is 15.4. The quantitative estimate of drug-likeness (QED) is 0.552. The highest BCUT2D eigenvalue weighted by atomic mass is 79.9. The van der Waals surface area contributed by atoms with Gasteiger partial charge in [0.05, 0.1) is 11.3 Å². The molecule has 0 bridgehead atoms. The van der Waals surface area contributed by atoms with Crippen LogP contribution in [0.15, 0.2) is 46.3 Å². The molecule has 0 saturated heterocycles. The van der Waals surface area contributed by atoms with Gasteiger partial charge in [-0.3, -0.25) is 14.4 Å². The van der Waals surface area contributed by atoms with E-state index in [1.807, 2.05) is 0 Å². The van der Waals surface area contributed by atoms with Crippen LogP contribution in [-0.4, -0.2) is 23.8 Å². The number of halogens is 1. The number of esters is 1. The highest BCUT2D eigenvalue weighted by Crippen LogP contribution is 2.15. The Balaban J connectivity index is 1.77. The maximum Gasteiger partial charge on any atom is 0.307 e. The van der Waals surface area contributed by atoms with Gasteiger partial charge in [-0.15, -0.1) is 11.3 Å². The van der Waals surface area contributed by atoms with E-state index in [9.17, 15) is 14.4 Å². The van der Waals surface area contributed by atoms with Crippen LogP contribution >= 0.6 is 27.3 Å². The van der Waals surface area contributed by atoms with Crippen LogP contribution < -0.4 is 5.32 Å². The van der Waals surface area contributed by atoms with Crippen molar-refractivity contribution in [1.82, 2.24) is 0 Å². The second kappa shape index (κ2) is 8.75. The van der Waals surface area contributed by atoms with Crippen molar-refractivity contribution in [1.29, 1.82) is 0 Å². The van der Waals surface area contributed by atoms with E-state index < -0.39 is 18.0 Å². The van der Waals surface area contributed by atoms with Crippen LogP contribution in [-0.2, 0) is 14.3 Å². The number of thiophene rings is 1. The van der Waals surface area contributed by atoms with E-state index in [-0.39, 0.29) is 18.6 Å². The predicted octanol–water partition coefficient (Wildman–Crippen LogP) is 4.04. The van der Waals surface area contributed by atoms with Gasteiger partial charge in [-0.25, -0.2) is 0 Å². The lowest BCUT2D eigenvalue weighted by molar-refractivity contribution is -0.153. The standard InChI is InChI=1S/C17H16BrNO4S/c1-11(17(22)19-13-6-4-12(18)5-7-13)23-16(21)9-8-14(20)15-3-2-10-24-15/h2-7,10-11H,8-9H2,1H3,(H,19,22)/t11-/m0/s1. The Kier molecular flexibility index (Phi) is 6.69. The molecular formula is C17H16BrNO4S. The number of carbonyl (C=O) groups is 3. The lowest BCUT2D eigenvalue weighted by Gasteiger charge is -2.13. The lowest BCUT2D eigenvalue weighted by Crippen LogP contribution is -2.30. The SMILES string of the molecule is C[C@H](OC(=O)CCC(=O)c1cccs1)C(=O)Nc1ccc(Br)cc1. The summed E-state index contributed by atoms with van der Waals surface area (Å²) >= 11 is 4.64. The third-order valence-electron chi connectivity index (χ3n) is 3.14. The van der Waals surface area contributed by atoms with Crippen LogP contribution in [0.5, 0.6) is 0 Å². The minimum absolute atomic E-state index is 0.0490. The molecule has 1 N–H and O–H groups in total. The monoisotopic (exact) mass is 409 g/mol. The molecule has 2 rings (SSSR count). The summed E-state index contributed by atoms with van der Waals surface area (Å²) in [4.78, 5) is 36.2. The Bertz CT molecular complexity index is 713. The van der Waals surface area contributed by atoms with Gasteiger partial charge in [0.25, 0.3) is 5.91 Å². The number of nitrogens with one attached hydrogen (secondary N) is 1. The predicted molar refractivity (Wildman–Crippen MR) is 96.2 cm³/mol. The van der Waals surface area contributed by atoms with Crippen molar-refractivity contribution in [3.8, 4) is 0 Å². The summed E-state index contributed by atoms with van der Waals surface area (Å²) in [6, 6.07) is 10.6. The molecule has 0 unspecified atom stereocenters. The van der Waals surface area contributed by atoms with Gasteiger partial charge in [0.1, 0.15) is 0 Å². The Labute approximate surface area is 152 Å². The van der Waals surface area contributed by atoms with Gasteiger partial charge >= 0.3 is 5.97 Å². The number of anilines is 1. The molecule has 0 spiro atoms. The number of ketones is 1. The Morgan fingerprint density at radius 2 is 1.88 bits per heavy atom. The molecule has 1 aromatic carbocycles.